The normalized spacial score (nSPS) is 13.8. The number of piperazine rings is 1. The Labute approximate surface area is 170 Å². The van der Waals surface area contributed by atoms with Crippen molar-refractivity contribution in [3.8, 4) is 17.2 Å². The molecule has 0 N–H and O–H groups in total. The number of benzene rings is 2. The number of carbonyl (C=O) groups is 2. The first-order valence-electron chi connectivity index (χ1n) is 9.49. The number of aryl methyl sites for hydroxylation is 1. The summed E-state index contributed by atoms with van der Waals surface area (Å²) in [5, 5.41) is 0. The molecule has 1 saturated heterocycles. The van der Waals surface area contributed by atoms with Gasteiger partial charge in [0, 0.05) is 37.8 Å². The van der Waals surface area contributed by atoms with E-state index in [9.17, 15) is 9.59 Å². The Hall–Kier alpha value is -3.22. The number of hydrogen-bond acceptors (Lipinski definition) is 5. The van der Waals surface area contributed by atoms with Crippen LogP contribution in [0.25, 0.3) is 0 Å². The number of rotatable bonds is 6. The van der Waals surface area contributed by atoms with Crippen LogP contribution in [0.3, 0.4) is 0 Å². The van der Waals surface area contributed by atoms with E-state index in [1.165, 1.54) is 0 Å². The summed E-state index contributed by atoms with van der Waals surface area (Å²) < 4.78 is 16.0. The van der Waals surface area contributed by atoms with E-state index in [2.05, 4.69) is 0 Å². The molecule has 2 amide bonds. The van der Waals surface area contributed by atoms with Gasteiger partial charge in [0.15, 0.2) is 6.61 Å². The van der Waals surface area contributed by atoms with E-state index in [1.807, 2.05) is 31.2 Å². The van der Waals surface area contributed by atoms with Crippen molar-refractivity contribution in [2.24, 2.45) is 0 Å². The van der Waals surface area contributed by atoms with Crippen molar-refractivity contribution in [1.29, 1.82) is 0 Å². The van der Waals surface area contributed by atoms with Gasteiger partial charge in [-0.25, -0.2) is 0 Å². The highest BCUT2D eigenvalue weighted by molar-refractivity contribution is 5.95. The third-order valence-electron chi connectivity index (χ3n) is 4.90. The molecule has 0 aliphatic carbocycles. The van der Waals surface area contributed by atoms with Crippen LogP contribution in [-0.2, 0) is 4.79 Å². The molecular formula is C22H26N2O5. The summed E-state index contributed by atoms with van der Waals surface area (Å²) >= 11 is 0. The van der Waals surface area contributed by atoms with Crippen LogP contribution >= 0.6 is 0 Å². The lowest BCUT2D eigenvalue weighted by molar-refractivity contribution is -0.134. The molecule has 0 atom stereocenters. The van der Waals surface area contributed by atoms with Crippen molar-refractivity contribution in [1.82, 2.24) is 9.80 Å². The lowest BCUT2D eigenvalue weighted by atomic mass is 10.1. The maximum absolute atomic E-state index is 12.8. The molecule has 7 heteroatoms. The van der Waals surface area contributed by atoms with Crippen LogP contribution in [0.15, 0.2) is 42.5 Å². The summed E-state index contributed by atoms with van der Waals surface area (Å²) in [7, 11) is 3.10. The first-order valence-corrected chi connectivity index (χ1v) is 9.49. The number of carbonyl (C=O) groups excluding carboxylic acids is 2. The Morgan fingerprint density at radius 3 is 1.93 bits per heavy atom. The van der Waals surface area contributed by atoms with Gasteiger partial charge in [0.2, 0.25) is 0 Å². The fraction of sp³-hybridized carbons (Fsp3) is 0.364. The highest BCUT2D eigenvalue weighted by Crippen LogP contribution is 2.24. The molecule has 7 nitrogen and oxygen atoms in total. The molecule has 3 rings (SSSR count). The van der Waals surface area contributed by atoms with Gasteiger partial charge < -0.3 is 24.0 Å². The maximum atomic E-state index is 12.8. The molecule has 0 unspecified atom stereocenters. The molecule has 2 aromatic carbocycles. The molecule has 0 radical (unpaired) electrons. The highest BCUT2D eigenvalue weighted by Gasteiger charge is 2.25. The minimum Gasteiger partial charge on any atom is -0.497 e. The molecule has 0 spiro atoms. The van der Waals surface area contributed by atoms with E-state index >= 15 is 0 Å². The van der Waals surface area contributed by atoms with Crippen LogP contribution in [0.5, 0.6) is 17.2 Å². The van der Waals surface area contributed by atoms with Crippen LogP contribution in [0.2, 0.25) is 0 Å². The van der Waals surface area contributed by atoms with Crippen molar-refractivity contribution < 1.29 is 23.8 Å². The molecule has 0 bridgehead atoms. The third kappa shape index (κ3) is 5.19. The lowest BCUT2D eigenvalue weighted by Gasteiger charge is -2.34. The Balaban J connectivity index is 1.53. The standard InChI is InChI=1S/C22H26N2O5/c1-16-4-6-18(7-5-16)29-15-21(25)23-8-10-24(11-9-23)22(26)17-12-19(27-2)14-20(13-17)28-3/h4-7,12-14H,8-11,15H2,1-3H3. The van der Waals surface area contributed by atoms with Crippen LogP contribution in [-0.4, -0.2) is 68.6 Å². The van der Waals surface area contributed by atoms with E-state index in [0.717, 1.165) is 5.56 Å². The van der Waals surface area contributed by atoms with E-state index in [-0.39, 0.29) is 18.4 Å². The van der Waals surface area contributed by atoms with Gasteiger partial charge in [-0.2, -0.15) is 0 Å². The largest absolute Gasteiger partial charge is 0.497 e. The molecule has 1 heterocycles. The topological polar surface area (TPSA) is 68.3 Å². The van der Waals surface area contributed by atoms with Gasteiger partial charge in [0.1, 0.15) is 17.2 Å². The quantitative estimate of drug-likeness (QED) is 0.747. The minimum absolute atomic E-state index is 0.00983. The van der Waals surface area contributed by atoms with E-state index in [4.69, 9.17) is 14.2 Å². The molecule has 1 fully saturated rings. The number of methoxy groups -OCH3 is 2. The molecule has 1 aliphatic rings. The summed E-state index contributed by atoms with van der Waals surface area (Å²) in [6.07, 6.45) is 0. The van der Waals surface area contributed by atoms with Crippen LogP contribution in [0.4, 0.5) is 0 Å². The molecule has 0 saturated carbocycles. The van der Waals surface area contributed by atoms with Gasteiger partial charge in [-0.3, -0.25) is 9.59 Å². The fourth-order valence-electron chi connectivity index (χ4n) is 3.14. The van der Waals surface area contributed by atoms with Crippen molar-refractivity contribution in [3.63, 3.8) is 0 Å². The average Bonchev–Trinajstić information content (AvgIpc) is 2.77. The average molecular weight is 398 g/mol. The Bertz CT molecular complexity index is 836. The monoisotopic (exact) mass is 398 g/mol. The Morgan fingerprint density at radius 1 is 0.828 bits per heavy atom. The van der Waals surface area contributed by atoms with Crippen LogP contribution in [0.1, 0.15) is 15.9 Å². The smallest absolute Gasteiger partial charge is 0.260 e. The van der Waals surface area contributed by atoms with Gasteiger partial charge in [0.05, 0.1) is 14.2 Å². The summed E-state index contributed by atoms with van der Waals surface area (Å²) in [4.78, 5) is 28.7. The predicted molar refractivity (Wildman–Crippen MR) is 109 cm³/mol. The number of nitrogens with zero attached hydrogens (tertiary/aromatic N) is 2. The Kier molecular flexibility index (Phi) is 6.59. The zero-order valence-corrected chi connectivity index (χ0v) is 17.0. The SMILES string of the molecule is COc1cc(OC)cc(C(=O)N2CCN(C(=O)COc3ccc(C)cc3)CC2)c1. The Morgan fingerprint density at radius 2 is 1.38 bits per heavy atom. The molecule has 0 aromatic heterocycles. The molecular weight excluding hydrogens is 372 g/mol. The second-order valence-corrected chi connectivity index (χ2v) is 6.88. The van der Waals surface area contributed by atoms with E-state index < -0.39 is 0 Å². The first-order chi connectivity index (χ1) is 14.0. The maximum Gasteiger partial charge on any atom is 0.260 e. The van der Waals surface area contributed by atoms with Crippen molar-refractivity contribution in [2.75, 3.05) is 47.0 Å². The minimum atomic E-state index is -0.106. The second-order valence-electron chi connectivity index (χ2n) is 6.88. The summed E-state index contributed by atoms with van der Waals surface area (Å²) in [5.41, 5.74) is 1.64. The van der Waals surface area contributed by atoms with Gasteiger partial charge in [-0.1, -0.05) is 17.7 Å². The molecule has 2 aromatic rings. The molecule has 29 heavy (non-hydrogen) atoms. The third-order valence-corrected chi connectivity index (χ3v) is 4.90. The molecule has 1 aliphatic heterocycles. The van der Waals surface area contributed by atoms with Gasteiger partial charge >= 0.3 is 0 Å². The van der Waals surface area contributed by atoms with Crippen molar-refractivity contribution in [3.05, 3.63) is 53.6 Å². The van der Waals surface area contributed by atoms with Gasteiger partial charge in [-0.15, -0.1) is 0 Å². The lowest BCUT2D eigenvalue weighted by Crippen LogP contribution is -2.51. The van der Waals surface area contributed by atoms with Gasteiger partial charge in [0.25, 0.3) is 11.8 Å². The summed E-state index contributed by atoms with van der Waals surface area (Å²) in [6.45, 7) is 3.87. The van der Waals surface area contributed by atoms with Crippen molar-refractivity contribution in [2.45, 2.75) is 6.92 Å². The second kappa shape index (κ2) is 9.32. The zero-order chi connectivity index (χ0) is 20.8. The number of amides is 2. The van der Waals surface area contributed by atoms with Crippen molar-refractivity contribution >= 4 is 11.8 Å². The van der Waals surface area contributed by atoms with E-state index in [1.54, 1.807) is 42.2 Å². The van der Waals surface area contributed by atoms with E-state index in [0.29, 0.717) is 49.0 Å². The zero-order valence-electron chi connectivity index (χ0n) is 17.0. The summed E-state index contributed by atoms with van der Waals surface area (Å²) in [6, 6.07) is 12.7. The fourth-order valence-corrected chi connectivity index (χ4v) is 3.14. The highest BCUT2D eigenvalue weighted by atomic mass is 16.5. The number of hydrogen-bond donors (Lipinski definition) is 0. The number of ether oxygens (including phenoxy) is 3. The predicted octanol–water partition coefficient (Wildman–Crippen LogP) is 2.38. The van der Waals surface area contributed by atoms with Gasteiger partial charge in [-0.05, 0) is 31.2 Å². The van der Waals surface area contributed by atoms with Crippen LogP contribution in [0, 0.1) is 6.92 Å². The summed E-state index contributed by atoms with van der Waals surface area (Å²) in [5.74, 6) is 1.61. The first kappa shape index (κ1) is 20.5. The molecule has 154 valence electrons. The van der Waals surface area contributed by atoms with Crippen LogP contribution < -0.4 is 14.2 Å².